The smallest absolute Gasteiger partial charge is 0.319 e. The number of fused-ring (bicyclic) bond motifs is 1. The summed E-state index contributed by atoms with van der Waals surface area (Å²) in [5, 5.41) is 5.59. The molecule has 2 aromatic rings. The molecule has 0 fully saturated rings. The molecule has 0 saturated carbocycles. The maximum Gasteiger partial charge on any atom is 0.319 e. The second-order valence-corrected chi connectivity index (χ2v) is 8.96. The lowest BCUT2D eigenvalue weighted by atomic mass is 10.1. The van der Waals surface area contributed by atoms with Gasteiger partial charge in [0, 0.05) is 30.5 Å². The van der Waals surface area contributed by atoms with Gasteiger partial charge < -0.3 is 15.5 Å². The van der Waals surface area contributed by atoms with E-state index in [1.54, 1.807) is 19.1 Å². The van der Waals surface area contributed by atoms with Crippen molar-refractivity contribution in [2.45, 2.75) is 31.2 Å². The summed E-state index contributed by atoms with van der Waals surface area (Å²) in [6.07, 6.45) is 1.02. The maximum atomic E-state index is 12.1. The molecular weight excluding hydrogens is 362 g/mol. The predicted molar refractivity (Wildman–Crippen MR) is 108 cm³/mol. The number of sulfone groups is 1. The quantitative estimate of drug-likeness (QED) is 0.799. The van der Waals surface area contributed by atoms with Crippen molar-refractivity contribution in [3.05, 3.63) is 54.1 Å². The number of nitrogens with zero attached hydrogens (tertiary/aromatic N) is 1. The highest BCUT2D eigenvalue weighted by Crippen LogP contribution is 2.31. The monoisotopic (exact) mass is 387 g/mol. The van der Waals surface area contributed by atoms with Gasteiger partial charge in [-0.05, 0) is 49.2 Å². The average Bonchev–Trinajstić information content (AvgIpc) is 2.98. The summed E-state index contributed by atoms with van der Waals surface area (Å²) >= 11 is 0. The van der Waals surface area contributed by atoms with Crippen molar-refractivity contribution in [2.75, 3.05) is 29.1 Å². The lowest BCUT2D eigenvalue weighted by Gasteiger charge is -2.25. The number of para-hydroxylation sites is 1. The predicted octanol–water partition coefficient (Wildman–Crippen LogP) is 3.05. The molecule has 1 atom stereocenters. The van der Waals surface area contributed by atoms with E-state index in [-0.39, 0.29) is 16.7 Å². The van der Waals surface area contributed by atoms with Crippen molar-refractivity contribution in [3.63, 3.8) is 0 Å². The highest BCUT2D eigenvalue weighted by molar-refractivity contribution is 7.91. The minimum Gasteiger partial charge on any atom is -0.367 e. The van der Waals surface area contributed by atoms with Crippen LogP contribution in [0.15, 0.2) is 53.4 Å². The van der Waals surface area contributed by atoms with Gasteiger partial charge in [-0.15, -0.1) is 0 Å². The number of hydrogen-bond acceptors (Lipinski definition) is 4. The van der Waals surface area contributed by atoms with E-state index in [2.05, 4.69) is 40.7 Å². The van der Waals surface area contributed by atoms with E-state index in [9.17, 15) is 13.2 Å². The van der Waals surface area contributed by atoms with Crippen LogP contribution in [0.5, 0.6) is 0 Å². The largest absolute Gasteiger partial charge is 0.367 e. The van der Waals surface area contributed by atoms with E-state index in [0.717, 1.165) is 13.0 Å². The molecule has 27 heavy (non-hydrogen) atoms. The summed E-state index contributed by atoms with van der Waals surface area (Å²) in [5.74, 6) is 0.0539. The number of amides is 2. The van der Waals surface area contributed by atoms with E-state index in [1.165, 1.54) is 23.4 Å². The van der Waals surface area contributed by atoms with E-state index < -0.39 is 9.84 Å². The zero-order valence-corrected chi connectivity index (χ0v) is 16.4. The minimum atomic E-state index is -3.23. The first-order valence-electron chi connectivity index (χ1n) is 9.13. The van der Waals surface area contributed by atoms with Gasteiger partial charge in [0.25, 0.3) is 0 Å². The SMILES string of the molecule is CCS(=O)(=O)c1ccc(NC(=O)NCCN2c3ccccc3CC2C)cc1. The second-order valence-electron chi connectivity index (χ2n) is 6.68. The van der Waals surface area contributed by atoms with Gasteiger partial charge in [-0.3, -0.25) is 0 Å². The third-order valence-corrected chi connectivity index (χ3v) is 6.59. The lowest BCUT2D eigenvalue weighted by Crippen LogP contribution is -2.39. The normalized spacial score (nSPS) is 16.1. The first-order chi connectivity index (χ1) is 12.9. The summed E-state index contributed by atoms with van der Waals surface area (Å²) in [7, 11) is -3.23. The van der Waals surface area contributed by atoms with Gasteiger partial charge >= 0.3 is 6.03 Å². The molecule has 6 nitrogen and oxygen atoms in total. The first kappa shape index (κ1) is 19.2. The number of benzene rings is 2. The summed E-state index contributed by atoms with van der Waals surface area (Å²) in [6.45, 7) is 5.05. The van der Waals surface area contributed by atoms with Crippen molar-refractivity contribution in [2.24, 2.45) is 0 Å². The van der Waals surface area contributed by atoms with Crippen molar-refractivity contribution < 1.29 is 13.2 Å². The molecule has 0 aliphatic carbocycles. The van der Waals surface area contributed by atoms with Gasteiger partial charge in [-0.2, -0.15) is 0 Å². The molecule has 0 saturated heterocycles. The summed E-state index contributed by atoms with van der Waals surface area (Å²) in [4.78, 5) is 14.7. The molecule has 0 aromatic heterocycles. The summed E-state index contributed by atoms with van der Waals surface area (Å²) in [6, 6.07) is 14.7. The van der Waals surface area contributed by atoms with Crippen LogP contribution in [0, 0.1) is 0 Å². The molecule has 3 rings (SSSR count). The molecule has 0 spiro atoms. The van der Waals surface area contributed by atoms with Crippen LogP contribution in [-0.2, 0) is 16.3 Å². The zero-order valence-electron chi connectivity index (χ0n) is 15.6. The number of hydrogen-bond donors (Lipinski definition) is 2. The van der Waals surface area contributed by atoms with Crippen molar-refractivity contribution in [1.29, 1.82) is 0 Å². The van der Waals surface area contributed by atoms with Crippen LogP contribution in [0.4, 0.5) is 16.2 Å². The highest BCUT2D eigenvalue weighted by Gasteiger charge is 2.24. The number of urea groups is 1. The lowest BCUT2D eigenvalue weighted by molar-refractivity contribution is 0.252. The fourth-order valence-electron chi connectivity index (χ4n) is 3.35. The Kier molecular flexibility index (Phi) is 5.70. The highest BCUT2D eigenvalue weighted by atomic mass is 32.2. The van der Waals surface area contributed by atoms with Crippen molar-refractivity contribution >= 4 is 27.2 Å². The van der Waals surface area contributed by atoms with Gasteiger partial charge in [-0.1, -0.05) is 25.1 Å². The Labute approximate surface area is 160 Å². The maximum absolute atomic E-state index is 12.1. The number of carbonyl (C=O) groups is 1. The summed E-state index contributed by atoms with van der Waals surface area (Å²) in [5.41, 5.74) is 3.14. The summed E-state index contributed by atoms with van der Waals surface area (Å²) < 4.78 is 23.6. The molecular formula is C20H25N3O3S. The molecule has 1 aliphatic rings. The third-order valence-electron chi connectivity index (χ3n) is 4.84. The number of nitrogens with one attached hydrogen (secondary N) is 2. The molecule has 2 N–H and O–H groups in total. The number of rotatable bonds is 6. The number of carbonyl (C=O) groups excluding carboxylic acids is 1. The van der Waals surface area contributed by atoms with Gasteiger partial charge in [0.05, 0.1) is 10.6 Å². The Bertz CT molecular complexity index is 910. The van der Waals surface area contributed by atoms with Crippen LogP contribution in [0.25, 0.3) is 0 Å². The first-order valence-corrected chi connectivity index (χ1v) is 10.8. The molecule has 1 aliphatic heterocycles. The van der Waals surface area contributed by atoms with Crippen molar-refractivity contribution in [3.8, 4) is 0 Å². The standard InChI is InChI=1S/C20H25N3O3S/c1-3-27(25,26)18-10-8-17(9-11-18)22-20(24)21-12-13-23-15(2)14-16-6-4-5-7-19(16)23/h4-11,15H,3,12-14H2,1-2H3,(H2,21,22,24). The molecule has 2 amide bonds. The Morgan fingerprint density at radius 1 is 1.15 bits per heavy atom. The second kappa shape index (κ2) is 8.00. The molecule has 1 unspecified atom stereocenters. The Morgan fingerprint density at radius 3 is 2.56 bits per heavy atom. The van der Waals surface area contributed by atoms with Crippen LogP contribution >= 0.6 is 0 Å². The van der Waals surface area contributed by atoms with Crippen LogP contribution in [-0.4, -0.2) is 39.3 Å². The van der Waals surface area contributed by atoms with E-state index in [0.29, 0.717) is 18.3 Å². The number of anilines is 2. The van der Waals surface area contributed by atoms with Crippen LogP contribution in [0.3, 0.4) is 0 Å². The fourth-order valence-corrected chi connectivity index (χ4v) is 4.23. The molecule has 2 aromatic carbocycles. The fraction of sp³-hybridized carbons (Fsp3) is 0.350. The van der Waals surface area contributed by atoms with Gasteiger partial charge in [-0.25, -0.2) is 13.2 Å². The Morgan fingerprint density at radius 2 is 1.85 bits per heavy atom. The van der Waals surface area contributed by atoms with Crippen LogP contribution in [0.1, 0.15) is 19.4 Å². The molecule has 1 heterocycles. The molecule has 144 valence electrons. The molecule has 0 bridgehead atoms. The van der Waals surface area contributed by atoms with Gasteiger partial charge in [0.15, 0.2) is 9.84 Å². The van der Waals surface area contributed by atoms with Crippen LogP contribution < -0.4 is 15.5 Å². The van der Waals surface area contributed by atoms with Crippen molar-refractivity contribution in [1.82, 2.24) is 5.32 Å². The average molecular weight is 388 g/mol. The van der Waals surface area contributed by atoms with E-state index >= 15 is 0 Å². The third kappa shape index (κ3) is 4.42. The zero-order chi connectivity index (χ0) is 19.4. The minimum absolute atomic E-state index is 0.0539. The van der Waals surface area contributed by atoms with E-state index in [1.807, 2.05) is 6.07 Å². The van der Waals surface area contributed by atoms with Gasteiger partial charge in [0.1, 0.15) is 0 Å². The molecule has 7 heteroatoms. The Hall–Kier alpha value is -2.54. The van der Waals surface area contributed by atoms with Crippen LogP contribution in [0.2, 0.25) is 0 Å². The topological polar surface area (TPSA) is 78.5 Å². The van der Waals surface area contributed by atoms with Gasteiger partial charge in [0.2, 0.25) is 0 Å². The Balaban J connectivity index is 1.51. The molecule has 0 radical (unpaired) electrons. The van der Waals surface area contributed by atoms with E-state index in [4.69, 9.17) is 0 Å².